The average Bonchev–Trinajstić information content (AvgIpc) is 2.93. The first-order valence-electron chi connectivity index (χ1n) is 12.5. The lowest BCUT2D eigenvalue weighted by Crippen LogP contribution is -2.55. The second-order valence-corrected chi connectivity index (χ2v) is 11.3. The Hall–Kier alpha value is -4.43. The van der Waals surface area contributed by atoms with Crippen molar-refractivity contribution >= 4 is 32.8 Å². The van der Waals surface area contributed by atoms with Crippen LogP contribution >= 0.6 is 0 Å². The van der Waals surface area contributed by atoms with Crippen molar-refractivity contribution in [2.24, 2.45) is 5.92 Å². The van der Waals surface area contributed by atoms with Gasteiger partial charge in [0.15, 0.2) is 0 Å². The smallest absolute Gasteiger partial charge is 0.329 e. The van der Waals surface area contributed by atoms with Crippen LogP contribution in [0.5, 0.6) is 0 Å². The van der Waals surface area contributed by atoms with Gasteiger partial charge in [-0.3, -0.25) is 9.59 Å². The highest BCUT2D eigenvalue weighted by Crippen LogP contribution is 2.19. The third kappa shape index (κ3) is 6.24. The minimum Gasteiger partial charge on any atom is -0.480 e. The van der Waals surface area contributed by atoms with Gasteiger partial charge in [0.25, 0.3) is 15.8 Å². The number of H-pyrrole nitrogens is 1. The number of anilines is 1. The second-order valence-electron chi connectivity index (χ2n) is 9.61. The molecule has 4 rings (SSSR count). The maximum Gasteiger partial charge on any atom is 0.329 e. The van der Waals surface area contributed by atoms with Gasteiger partial charge >= 0.3 is 11.7 Å². The molecule has 0 spiro atoms. The van der Waals surface area contributed by atoms with Crippen LogP contribution in [0.1, 0.15) is 25.0 Å². The zero-order chi connectivity index (χ0) is 29.0. The number of carbonyl (C=O) groups is 1. The van der Waals surface area contributed by atoms with Gasteiger partial charge in [-0.1, -0.05) is 25.7 Å². The molecule has 2 heterocycles. The molecule has 1 aliphatic rings. The third-order valence-electron chi connectivity index (χ3n) is 6.58. The first-order chi connectivity index (χ1) is 19.0. The first-order valence-corrected chi connectivity index (χ1v) is 13.9. The molecule has 40 heavy (non-hydrogen) atoms. The number of fused-ring (bicyclic) bond motifs is 1. The molecule has 1 aromatic heterocycles. The topological polar surface area (TPSA) is 169 Å². The van der Waals surface area contributed by atoms with Gasteiger partial charge in [-0.05, 0) is 48.4 Å². The lowest BCUT2D eigenvalue weighted by atomic mass is 10.1. The summed E-state index contributed by atoms with van der Waals surface area (Å²) in [5.41, 5.74) is 1.36. The van der Waals surface area contributed by atoms with Crippen LogP contribution in [0, 0.1) is 29.1 Å². The molecular formula is C27H28N6O6S. The highest BCUT2D eigenvalue weighted by molar-refractivity contribution is 7.87. The number of carboxylic acid groups (broad SMARTS) is 1. The number of nitrogens with zero attached hydrogens (tertiary/aromatic N) is 4. The summed E-state index contributed by atoms with van der Waals surface area (Å²) in [4.78, 5) is 40.6. The van der Waals surface area contributed by atoms with E-state index >= 15 is 0 Å². The van der Waals surface area contributed by atoms with E-state index < -0.39 is 39.4 Å². The molecule has 0 radical (unpaired) electrons. The summed E-state index contributed by atoms with van der Waals surface area (Å²) in [7, 11) is -3.94. The maximum atomic E-state index is 12.7. The highest BCUT2D eigenvalue weighted by Gasteiger charge is 2.32. The van der Waals surface area contributed by atoms with Gasteiger partial charge in [-0.25, -0.2) is 9.36 Å². The van der Waals surface area contributed by atoms with E-state index in [4.69, 9.17) is 5.26 Å². The SMILES string of the molecule is CC(C)[C@@H](NS(=O)(=O)N1CCN(c2ccc(C#Cc3ccc4[nH]c(=O)n(CC#N)c(=O)c4c3)cc2)CC1)C(=O)O. The van der Waals surface area contributed by atoms with Crippen molar-refractivity contribution < 1.29 is 18.3 Å². The lowest BCUT2D eigenvalue weighted by molar-refractivity contribution is -0.140. The van der Waals surface area contributed by atoms with E-state index in [2.05, 4.69) is 21.5 Å². The van der Waals surface area contributed by atoms with E-state index in [9.17, 15) is 27.9 Å². The number of aliphatic carboxylic acids is 1. The molecule has 0 saturated carbocycles. The zero-order valence-electron chi connectivity index (χ0n) is 21.9. The van der Waals surface area contributed by atoms with Crippen molar-refractivity contribution in [2.75, 3.05) is 31.1 Å². The number of nitriles is 1. The molecule has 13 heteroatoms. The second kappa shape index (κ2) is 11.8. The van der Waals surface area contributed by atoms with Crippen LogP contribution in [0.2, 0.25) is 0 Å². The molecule has 1 aliphatic heterocycles. The van der Waals surface area contributed by atoms with E-state index in [0.717, 1.165) is 15.8 Å². The molecule has 3 aromatic rings. The van der Waals surface area contributed by atoms with Crippen LogP contribution < -0.4 is 20.9 Å². The number of hydrogen-bond donors (Lipinski definition) is 3. The molecule has 0 unspecified atom stereocenters. The number of piperazine rings is 1. The Morgan fingerprint density at radius 2 is 1.68 bits per heavy atom. The average molecular weight is 565 g/mol. The molecular weight excluding hydrogens is 536 g/mol. The Labute approximate surface area is 230 Å². The van der Waals surface area contributed by atoms with E-state index in [0.29, 0.717) is 24.2 Å². The van der Waals surface area contributed by atoms with Crippen molar-refractivity contribution in [3.05, 3.63) is 74.4 Å². The number of nitrogens with one attached hydrogen (secondary N) is 2. The number of rotatable bonds is 7. The van der Waals surface area contributed by atoms with Gasteiger partial charge in [-0.2, -0.15) is 22.7 Å². The molecule has 1 fully saturated rings. The number of benzene rings is 2. The molecule has 1 atom stereocenters. The van der Waals surface area contributed by atoms with Crippen molar-refractivity contribution in [1.29, 1.82) is 5.26 Å². The third-order valence-corrected chi connectivity index (χ3v) is 8.18. The summed E-state index contributed by atoms with van der Waals surface area (Å²) < 4.78 is 29.8. The Kier molecular flexibility index (Phi) is 8.40. The van der Waals surface area contributed by atoms with Gasteiger partial charge in [0, 0.05) is 43.0 Å². The quantitative estimate of drug-likeness (QED) is 0.352. The number of hydrogen-bond acceptors (Lipinski definition) is 7. The minimum absolute atomic E-state index is 0.213. The van der Waals surface area contributed by atoms with E-state index in [1.165, 1.54) is 4.31 Å². The van der Waals surface area contributed by atoms with E-state index in [1.54, 1.807) is 38.1 Å². The number of carboxylic acids is 1. The summed E-state index contributed by atoms with van der Waals surface area (Å²) >= 11 is 0. The first kappa shape index (κ1) is 28.6. The summed E-state index contributed by atoms with van der Waals surface area (Å²) in [6.07, 6.45) is 0. The van der Waals surface area contributed by atoms with Crippen molar-refractivity contribution in [2.45, 2.75) is 26.4 Å². The van der Waals surface area contributed by atoms with Gasteiger partial charge in [0.05, 0.1) is 17.0 Å². The number of aromatic amines is 1. The fraction of sp³-hybridized carbons (Fsp3) is 0.333. The van der Waals surface area contributed by atoms with Crippen molar-refractivity contribution in [3.8, 4) is 17.9 Å². The lowest BCUT2D eigenvalue weighted by Gasteiger charge is -2.36. The molecule has 1 saturated heterocycles. The molecule has 0 aliphatic carbocycles. The predicted molar refractivity (Wildman–Crippen MR) is 149 cm³/mol. The van der Waals surface area contributed by atoms with Gasteiger partial charge in [0.2, 0.25) is 0 Å². The summed E-state index contributed by atoms with van der Waals surface area (Å²) in [6, 6.07) is 12.9. The Balaban J connectivity index is 1.43. The Bertz CT molecular complexity index is 1750. The van der Waals surface area contributed by atoms with Crippen molar-refractivity contribution in [3.63, 3.8) is 0 Å². The Morgan fingerprint density at radius 1 is 1.05 bits per heavy atom. The van der Waals surface area contributed by atoms with Crippen LogP contribution in [0.25, 0.3) is 10.9 Å². The minimum atomic E-state index is -3.94. The zero-order valence-corrected chi connectivity index (χ0v) is 22.7. The molecule has 12 nitrogen and oxygen atoms in total. The van der Waals surface area contributed by atoms with Gasteiger partial charge in [-0.15, -0.1) is 0 Å². The van der Waals surface area contributed by atoms with Crippen LogP contribution in [0.3, 0.4) is 0 Å². The van der Waals surface area contributed by atoms with Crippen LogP contribution in [0.15, 0.2) is 52.1 Å². The van der Waals surface area contributed by atoms with Gasteiger partial charge < -0.3 is 15.0 Å². The Morgan fingerprint density at radius 3 is 2.27 bits per heavy atom. The molecule has 0 bridgehead atoms. The van der Waals surface area contributed by atoms with Crippen molar-refractivity contribution in [1.82, 2.24) is 18.6 Å². The number of aromatic nitrogens is 2. The predicted octanol–water partition coefficient (Wildman–Crippen LogP) is 0.679. The maximum absolute atomic E-state index is 12.7. The van der Waals surface area contributed by atoms with Gasteiger partial charge in [0.1, 0.15) is 12.6 Å². The molecule has 208 valence electrons. The van der Waals surface area contributed by atoms with E-state index in [1.807, 2.05) is 29.2 Å². The summed E-state index contributed by atoms with van der Waals surface area (Å²) in [5, 5.41) is 18.5. The van der Waals surface area contributed by atoms with E-state index in [-0.39, 0.29) is 25.0 Å². The van der Waals surface area contributed by atoms with Crippen LogP contribution in [-0.4, -0.2) is 65.6 Å². The summed E-state index contributed by atoms with van der Waals surface area (Å²) in [6.45, 7) is 4.24. The highest BCUT2D eigenvalue weighted by atomic mass is 32.2. The molecule has 0 amide bonds. The van der Waals surface area contributed by atoms with Crippen LogP contribution in [-0.2, 0) is 21.5 Å². The molecule has 2 aromatic carbocycles. The summed E-state index contributed by atoms with van der Waals surface area (Å²) in [5.74, 6) is 4.44. The molecule has 3 N–H and O–H groups in total. The fourth-order valence-electron chi connectivity index (χ4n) is 4.34. The standard InChI is InChI=1S/C27H28N6O6S/c1-18(2)24(26(35)36)30-40(38,39)32-15-13-31(14-16-32)21-8-5-19(6-9-21)3-4-20-7-10-23-22(17-20)25(34)33(12-11-28)27(37)29-23/h5-10,17-18,24,30H,12-16H2,1-2H3,(H,29,37)(H,35,36)/t24-/m1/s1. The fourth-order valence-corrected chi connectivity index (χ4v) is 5.82. The largest absolute Gasteiger partial charge is 0.480 e. The monoisotopic (exact) mass is 564 g/mol. The normalized spacial score (nSPS) is 14.9. The van der Waals surface area contributed by atoms with Crippen LogP contribution in [0.4, 0.5) is 5.69 Å².